The van der Waals surface area contributed by atoms with Crippen molar-refractivity contribution in [1.29, 1.82) is 0 Å². The molecule has 1 spiro atoms. The summed E-state index contributed by atoms with van der Waals surface area (Å²) in [5.41, 5.74) is -0.990. The minimum absolute atomic E-state index is 0.0217. The smallest absolute Gasteiger partial charge is 0.245 e. The van der Waals surface area contributed by atoms with E-state index in [9.17, 15) is 19.5 Å². The fourth-order valence-corrected chi connectivity index (χ4v) is 6.73. The Kier molecular flexibility index (Phi) is 7.49. The number of carbonyl (C=O) groups is 3. The van der Waals surface area contributed by atoms with Gasteiger partial charge < -0.3 is 25.4 Å². The summed E-state index contributed by atoms with van der Waals surface area (Å²) in [7, 11) is 0. The quantitative estimate of drug-likeness (QED) is 0.428. The zero-order valence-corrected chi connectivity index (χ0v) is 22.1. The van der Waals surface area contributed by atoms with Crippen LogP contribution in [0.5, 0.6) is 0 Å². The van der Waals surface area contributed by atoms with Gasteiger partial charge in [0.2, 0.25) is 17.7 Å². The number of unbranched alkanes of at least 4 members (excludes halogenated alkanes) is 1. The summed E-state index contributed by atoms with van der Waals surface area (Å²) in [6.07, 6.45) is 2.28. The number of carbonyl (C=O) groups excluding carboxylic acids is 3. The van der Waals surface area contributed by atoms with E-state index < -0.39 is 35.1 Å². The van der Waals surface area contributed by atoms with Gasteiger partial charge in [-0.1, -0.05) is 64.4 Å². The van der Waals surface area contributed by atoms with E-state index in [-0.39, 0.29) is 36.2 Å². The van der Waals surface area contributed by atoms with Crippen molar-refractivity contribution in [2.75, 3.05) is 13.2 Å². The number of hydrogen-bond donors (Lipinski definition) is 3. The number of hydrogen-bond acceptors (Lipinski definition) is 5. The van der Waals surface area contributed by atoms with Crippen LogP contribution in [0.3, 0.4) is 0 Å². The number of amides is 3. The van der Waals surface area contributed by atoms with Crippen molar-refractivity contribution in [2.45, 2.75) is 83.7 Å². The fourth-order valence-electron chi connectivity index (χ4n) is 6.73. The minimum atomic E-state index is -1.10. The summed E-state index contributed by atoms with van der Waals surface area (Å²) in [4.78, 5) is 43.1. The highest BCUT2D eigenvalue weighted by atomic mass is 16.5. The molecule has 8 nitrogen and oxygen atoms in total. The Bertz CT molecular complexity index is 985. The molecule has 0 saturated carbocycles. The number of aliphatic hydroxyl groups excluding tert-OH is 1. The number of benzene rings is 1. The Hall–Kier alpha value is -2.45. The number of ether oxygens (including phenoxy) is 1. The molecule has 8 heteroatoms. The average molecular weight is 500 g/mol. The van der Waals surface area contributed by atoms with Crippen molar-refractivity contribution in [1.82, 2.24) is 15.5 Å². The van der Waals surface area contributed by atoms with Gasteiger partial charge in [-0.2, -0.15) is 0 Å². The normalized spacial score (nSPS) is 33.6. The number of rotatable bonds is 10. The molecule has 3 amide bonds. The summed E-state index contributed by atoms with van der Waals surface area (Å²) in [5, 5.41) is 16.3. The number of nitrogens with zero attached hydrogens (tertiary/aromatic N) is 1. The standard InChI is InChI=1S/C28H41N3O5/c1-6-7-13-29-25(34)23-28-14-18(4)27(5,36-28)21(24(33)30-15-19-11-9-8-10-12-19)22(28)26(35)31(23)20(16-32)17(2)3/h8-12,17-18,20-23,32H,6-7,13-16H2,1-5H3,(H,29,34)(H,30,33)/t18?,20-,21-,22-,23?,27+,28?/m0/s1. The third-order valence-corrected chi connectivity index (χ3v) is 8.74. The maximum Gasteiger partial charge on any atom is 0.245 e. The van der Waals surface area contributed by atoms with E-state index in [2.05, 4.69) is 17.6 Å². The zero-order chi connectivity index (χ0) is 26.3. The van der Waals surface area contributed by atoms with Gasteiger partial charge in [-0.05, 0) is 37.2 Å². The molecule has 3 fully saturated rings. The molecule has 1 aromatic rings. The fraction of sp³-hybridized carbons (Fsp3) is 0.679. The first-order valence-electron chi connectivity index (χ1n) is 13.3. The number of fused-ring (bicyclic) bond motifs is 1. The van der Waals surface area contributed by atoms with Crippen molar-refractivity contribution >= 4 is 17.7 Å². The van der Waals surface area contributed by atoms with Crippen LogP contribution in [0.15, 0.2) is 30.3 Å². The van der Waals surface area contributed by atoms with Gasteiger partial charge in [0.25, 0.3) is 0 Å². The van der Waals surface area contributed by atoms with E-state index in [1.54, 1.807) is 4.90 Å². The predicted molar refractivity (Wildman–Crippen MR) is 136 cm³/mol. The Labute approximate surface area is 214 Å². The van der Waals surface area contributed by atoms with Crippen molar-refractivity contribution in [3.8, 4) is 0 Å². The second-order valence-electron chi connectivity index (χ2n) is 11.3. The lowest BCUT2D eigenvalue weighted by Gasteiger charge is -2.38. The third kappa shape index (κ3) is 4.12. The van der Waals surface area contributed by atoms with Gasteiger partial charge >= 0.3 is 0 Å². The Balaban J connectivity index is 1.71. The lowest BCUT2D eigenvalue weighted by atomic mass is 9.62. The second kappa shape index (κ2) is 10.1. The molecule has 0 aliphatic carbocycles. The van der Waals surface area contributed by atoms with Crippen molar-refractivity contribution in [2.24, 2.45) is 23.7 Å². The van der Waals surface area contributed by atoms with Gasteiger partial charge in [-0.25, -0.2) is 0 Å². The van der Waals surface area contributed by atoms with E-state index in [1.807, 2.05) is 58.0 Å². The number of nitrogens with one attached hydrogen (secondary N) is 2. The van der Waals surface area contributed by atoms with Crippen LogP contribution < -0.4 is 10.6 Å². The van der Waals surface area contributed by atoms with Crippen LogP contribution in [0.1, 0.15) is 59.4 Å². The maximum absolute atomic E-state index is 14.1. The molecule has 0 radical (unpaired) electrons. The molecular formula is C28H41N3O5. The van der Waals surface area contributed by atoms with E-state index in [1.165, 1.54) is 0 Å². The van der Waals surface area contributed by atoms with E-state index in [0.29, 0.717) is 19.5 Å². The van der Waals surface area contributed by atoms with Crippen LogP contribution in [-0.4, -0.2) is 64.2 Å². The van der Waals surface area contributed by atoms with Crippen molar-refractivity contribution in [3.63, 3.8) is 0 Å². The van der Waals surface area contributed by atoms with Gasteiger partial charge in [0.1, 0.15) is 11.6 Å². The van der Waals surface area contributed by atoms with E-state index >= 15 is 0 Å². The summed E-state index contributed by atoms with van der Waals surface area (Å²) in [6, 6.07) is 8.21. The molecule has 3 saturated heterocycles. The SMILES string of the molecule is CCCCNC(=O)C1N([C@@H](CO)C(C)C)C(=O)[C@@H]2[C@@H](C(=O)NCc3ccccc3)[C@]3(C)OC12CC3C. The molecule has 198 valence electrons. The first-order chi connectivity index (χ1) is 17.1. The van der Waals surface area contributed by atoms with Gasteiger partial charge in [0.05, 0.1) is 30.1 Å². The van der Waals surface area contributed by atoms with Crippen LogP contribution in [-0.2, 0) is 25.7 Å². The first-order valence-corrected chi connectivity index (χ1v) is 13.3. The summed E-state index contributed by atoms with van der Waals surface area (Å²) >= 11 is 0. The molecule has 2 bridgehead atoms. The maximum atomic E-state index is 14.1. The predicted octanol–water partition coefficient (Wildman–Crippen LogP) is 2.25. The van der Waals surface area contributed by atoms with Crippen molar-refractivity contribution in [3.05, 3.63) is 35.9 Å². The second-order valence-corrected chi connectivity index (χ2v) is 11.3. The Morgan fingerprint density at radius 2 is 1.89 bits per heavy atom. The van der Waals surface area contributed by atoms with Crippen LogP contribution in [0.25, 0.3) is 0 Å². The van der Waals surface area contributed by atoms with Gasteiger partial charge in [0.15, 0.2) is 0 Å². The molecule has 36 heavy (non-hydrogen) atoms. The van der Waals surface area contributed by atoms with Crippen molar-refractivity contribution < 1.29 is 24.2 Å². The molecule has 0 aromatic heterocycles. The highest BCUT2D eigenvalue weighted by Crippen LogP contribution is 2.65. The molecule has 4 rings (SSSR count). The molecule has 1 aromatic carbocycles. The van der Waals surface area contributed by atoms with E-state index in [0.717, 1.165) is 18.4 Å². The molecule has 3 aliphatic rings. The number of aliphatic hydroxyl groups is 1. The monoisotopic (exact) mass is 499 g/mol. The minimum Gasteiger partial charge on any atom is -0.394 e. The summed E-state index contributed by atoms with van der Waals surface area (Å²) in [6.45, 7) is 10.5. The Morgan fingerprint density at radius 3 is 2.50 bits per heavy atom. The molecule has 3 aliphatic heterocycles. The molecule has 3 heterocycles. The number of likely N-dealkylation sites (tertiary alicyclic amines) is 1. The Morgan fingerprint density at radius 1 is 1.19 bits per heavy atom. The van der Waals surface area contributed by atoms with Crippen LogP contribution in [0, 0.1) is 23.7 Å². The van der Waals surface area contributed by atoms with Gasteiger partial charge in [0, 0.05) is 13.1 Å². The lowest BCUT2D eigenvalue weighted by Crippen LogP contribution is -2.59. The molecule has 3 unspecified atom stereocenters. The molecule has 3 N–H and O–H groups in total. The topological polar surface area (TPSA) is 108 Å². The average Bonchev–Trinajstić information content (AvgIpc) is 3.36. The van der Waals surface area contributed by atoms with Crippen LogP contribution >= 0.6 is 0 Å². The highest BCUT2D eigenvalue weighted by molar-refractivity contribution is 5.99. The summed E-state index contributed by atoms with van der Waals surface area (Å²) < 4.78 is 6.72. The third-order valence-electron chi connectivity index (χ3n) is 8.74. The van der Waals surface area contributed by atoms with Gasteiger partial charge in [-0.15, -0.1) is 0 Å². The van der Waals surface area contributed by atoms with Crippen LogP contribution in [0.4, 0.5) is 0 Å². The first kappa shape index (κ1) is 26.6. The highest BCUT2D eigenvalue weighted by Gasteiger charge is 2.80. The zero-order valence-electron chi connectivity index (χ0n) is 22.1. The lowest BCUT2D eigenvalue weighted by molar-refractivity contribution is -0.152. The van der Waals surface area contributed by atoms with Gasteiger partial charge in [-0.3, -0.25) is 14.4 Å². The summed E-state index contributed by atoms with van der Waals surface area (Å²) in [5.74, 6) is -2.36. The molecular weight excluding hydrogens is 458 g/mol. The largest absolute Gasteiger partial charge is 0.394 e. The van der Waals surface area contributed by atoms with E-state index in [4.69, 9.17) is 4.74 Å². The van der Waals surface area contributed by atoms with Crippen LogP contribution in [0.2, 0.25) is 0 Å². The molecule has 7 atom stereocenters.